The molecule has 6 aromatic rings. The number of rotatable bonds is 5. The van der Waals surface area contributed by atoms with Gasteiger partial charge in [-0.25, -0.2) is 12.8 Å². The predicted octanol–water partition coefficient (Wildman–Crippen LogP) is 9.45. The summed E-state index contributed by atoms with van der Waals surface area (Å²) in [5, 5.41) is 5.45. The number of nitrogen functional groups attached to an aromatic ring is 1. The number of halogens is 4. The number of hydrogen-bond donors (Lipinski definition) is 1. The monoisotopic (exact) mass is 603 g/mol. The average Bonchev–Trinajstić information content (AvgIpc) is 2.91. The first kappa shape index (κ1) is 27.5. The van der Waals surface area contributed by atoms with Crippen molar-refractivity contribution >= 4 is 47.8 Å². The summed E-state index contributed by atoms with van der Waals surface area (Å²) in [5.41, 5.74) is 6.67. The van der Waals surface area contributed by atoms with Gasteiger partial charge in [-0.1, -0.05) is 48.9 Å². The van der Waals surface area contributed by atoms with Crippen LogP contribution in [-0.2, 0) is 16.0 Å². The zero-order chi connectivity index (χ0) is 30.3. The quantitative estimate of drug-likeness (QED) is 0.121. The first-order valence-corrected chi connectivity index (χ1v) is 15.7. The van der Waals surface area contributed by atoms with Gasteiger partial charge in [0.25, 0.3) is 0 Å². The van der Waals surface area contributed by atoms with E-state index in [0.29, 0.717) is 22.9 Å². The molecule has 0 bridgehead atoms. The second-order valence-electron chi connectivity index (χ2n) is 11.2. The molecule has 0 atom stereocenters. The topological polar surface area (TPSA) is 69.4 Å². The van der Waals surface area contributed by atoms with E-state index in [0.717, 1.165) is 70.0 Å². The van der Waals surface area contributed by atoms with Gasteiger partial charge in [-0.05, 0) is 93.0 Å². The van der Waals surface area contributed by atoms with Gasteiger partial charge < -0.3 is 10.5 Å². The van der Waals surface area contributed by atoms with Gasteiger partial charge in [0.15, 0.2) is 21.4 Å². The Morgan fingerprint density at radius 1 is 0.837 bits per heavy atom. The highest BCUT2D eigenvalue weighted by atomic mass is 32.2. The molecule has 218 valence electrons. The van der Waals surface area contributed by atoms with Crippen LogP contribution < -0.4 is 10.5 Å². The summed E-state index contributed by atoms with van der Waals surface area (Å²) >= 11 is 0. The van der Waals surface area contributed by atoms with Crippen molar-refractivity contribution in [2.45, 2.75) is 36.3 Å². The average molecular weight is 604 g/mol. The van der Waals surface area contributed by atoms with Gasteiger partial charge in [-0.15, -0.1) is 0 Å². The molecule has 4 nitrogen and oxygen atoms in total. The van der Waals surface area contributed by atoms with Gasteiger partial charge in [-0.3, -0.25) is 0 Å². The molecule has 7 rings (SSSR count). The number of sulfone groups is 1. The maximum absolute atomic E-state index is 16.8. The van der Waals surface area contributed by atoms with Crippen LogP contribution in [0.4, 0.5) is 23.2 Å². The van der Waals surface area contributed by atoms with Crippen LogP contribution >= 0.6 is 0 Å². The van der Waals surface area contributed by atoms with Crippen LogP contribution in [-0.4, -0.2) is 14.7 Å². The molecule has 2 N–H and O–H groups in total. The third-order valence-corrected chi connectivity index (χ3v) is 9.57. The number of benzene rings is 6. The van der Waals surface area contributed by atoms with Crippen molar-refractivity contribution in [1.82, 2.24) is 0 Å². The molecule has 0 unspecified atom stereocenters. The standard InChI is InChI=1S/C34H25F4NO3S/c1-43(40,41)23-10-13-29(28(17-23)34(36,37)38)42-33-24(18-4-2-5-18)11-12-26(32(33)35)27-16-21-15-22(39)14-20-9-8-19-6-3-7-25(27)31(19)30(20)21/h3,6-18H,2,4-5,39H2,1H3. The van der Waals surface area contributed by atoms with E-state index in [1.54, 1.807) is 12.1 Å². The van der Waals surface area contributed by atoms with E-state index in [4.69, 9.17) is 10.5 Å². The lowest BCUT2D eigenvalue weighted by Gasteiger charge is -2.29. The van der Waals surface area contributed by atoms with E-state index in [-0.39, 0.29) is 17.2 Å². The molecule has 1 aliphatic carbocycles. The smallest absolute Gasteiger partial charge is 0.420 e. The van der Waals surface area contributed by atoms with E-state index < -0.39 is 38.0 Å². The van der Waals surface area contributed by atoms with Crippen LogP contribution in [0.15, 0.2) is 83.8 Å². The summed E-state index contributed by atoms with van der Waals surface area (Å²) in [7, 11) is -3.93. The molecule has 0 aliphatic heterocycles. The normalized spacial score (nSPS) is 14.5. The zero-order valence-corrected chi connectivity index (χ0v) is 23.7. The number of hydrogen-bond acceptors (Lipinski definition) is 4. The lowest BCUT2D eigenvalue weighted by Crippen LogP contribution is -2.13. The predicted molar refractivity (Wildman–Crippen MR) is 161 cm³/mol. The summed E-state index contributed by atoms with van der Waals surface area (Å²) in [6.45, 7) is 0. The van der Waals surface area contributed by atoms with E-state index in [9.17, 15) is 21.6 Å². The molecule has 6 aromatic carbocycles. The second-order valence-corrected chi connectivity index (χ2v) is 13.3. The summed E-state index contributed by atoms with van der Waals surface area (Å²) in [4.78, 5) is -0.506. The molecule has 0 spiro atoms. The Morgan fingerprint density at radius 2 is 1.58 bits per heavy atom. The molecule has 0 heterocycles. The van der Waals surface area contributed by atoms with Crippen molar-refractivity contribution in [3.05, 3.63) is 95.8 Å². The van der Waals surface area contributed by atoms with Crippen molar-refractivity contribution in [3.63, 3.8) is 0 Å². The van der Waals surface area contributed by atoms with Crippen molar-refractivity contribution in [3.8, 4) is 22.6 Å². The van der Waals surface area contributed by atoms with Gasteiger partial charge in [0.05, 0.1) is 10.5 Å². The van der Waals surface area contributed by atoms with Crippen molar-refractivity contribution < 1.29 is 30.7 Å². The number of alkyl halides is 3. The fraction of sp³-hybridized carbons (Fsp3) is 0.176. The molecule has 0 aromatic heterocycles. The number of ether oxygens (including phenoxy) is 1. The molecule has 1 saturated carbocycles. The molecule has 0 amide bonds. The van der Waals surface area contributed by atoms with Crippen LogP contribution in [0.5, 0.6) is 11.5 Å². The van der Waals surface area contributed by atoms with E-state index >= 15 is 4.39 Å². The van der Waals surface area contributed by atoms with Crippen molar-refractivity contribution in [2.24, 2.45) is 0 Å². The van der Waals surface area contributed by atoms with E-state index in [1.165, 1.54) is 0 Å². The number of nitrogens with two attached hydrogens (primary N) is 1. The molecule has 1 aliphatic rings. The van der Waals surface area contributed by atoms with Crippen LogP contribution in [0.1, 0.15) is 36.3 Å². The van der Waals surface area contributed by atoms with Gasteiger partial charge in [0.1, 0.15) is 5.75 Å². The minimum Gasteiger partial charge on any atom is -0.453 e. The van der Waals surface area contributed by atoms with E-state index in [2.05, 4.69) is 0 Å². The Bertz CT molecular complexity index is 2190. The number of anilines is 1. The van der Waals surface area contributed by atoms with Crippen LogP contribution in [0, 0.1) is 5.82 Å². The lowest BCUT2D eigenvalue weighted by atomic mass is 9.79. The molecular formula is C34H25F4NO3S. The molecule has 0 radical (unpaired) electrons. The Morgan fingerprint density at radius 3 is 2.28 bits per heavy atom. The molecule has 9 heteroatoms. The fourth-order valence-electron chi connectivity index (χ4n) is 6.18. The molecular weight excluding hydrogens is 578 g/mol. The third-order valence-electron chi connectivity index (χ3n) is 8.46. The summed E-state index contributed by atoms with van der Waals surface area (Å²) in [5.74, 6) is -1.81. The summed E-state index contributed by atoms with van der Waals surface area (Å²) < 4.78 is 89.1. The third kappa shape index (κ3) is 4.54. The molecule has 1 fully saturated rings. The fourth-order valence-corrected chi connectivity index (χ4v) is 6.82. The SMILES string of the molecule is CS(=O)(=O)c1ccc(Oc2c(C3CCC3)ccc(-c3cc4cc(N)cc5ccc6cccc3c6c54)c2F)c(C(F)(F)F)c1. The Hall–Kier alpha value is -4.37. The molecule has 43 heavy (non-hydrogen) atoms. The maximum atomic E-state index is 16.8. The minimum absolute atomic E-state index is 0.0683. The van der Waals surface area contributed by atoms with Crippen LogP contribution in [0.3, 0.4) is 0 Å². The Kier molecular flexibility index (Phi) is 6.11. The van der Waals surface area contributed by atoms with Crippen molar-refractivity contribution in [2.75, 3.05) is 12.0 Å². The Labute approximate surface area is 244 Å². The van der Waals surface area contributed by atoms with E-state index in [1.807, 2.05) is 48.5 Å². The second kappa shape index (κ2) is 9.57. The van der Waals surface area contributed by atoms with Crippen molar-refractivity contribution in [1.29, 1.82) is 0 Å². The maximum Gasteiger partial charge on any atom is 0.420 e. The van der Waals surface area contributed by atoms with Gasteiger partial charge in [0, 0.05) is 23.1 Å². The Balaban J connectivity index is 1.47. The van der Waals surface area contributed by atoms with Gasteiger partial charge in [-0.2, -0.15) is 13.2 Å². The first-order valence-electron chi connectivity index (χ1n) is 13.8. The highest BCUT2D eigenvalue weighted by Gasteiger charge is 2.37. The largest absolute Gasteiger partial charge is 0.453 e. The first-order chi connectivity index (χ1) is 20.4. The highest BCUT2D eigenvalue weighted by Crippen LogP contribution is 2.49. The van der Waals surface area contributed by atoms with Crippen LogP contribution in [0.2, 0.25) is 0 Å². The molecule has 0 saturated heterocycles. The summed E-state index contributed by atoms with van der Waals surface area (Å²) in [6.07, 6.45) is -1.69. The zero-order valence-electron chi connectivity index (χ0n) is 22.9. The van der Waals surface area contributed by atoms with Gasteiger partial charge in [0.2, 0.25) is 0 Å². The van der Waals surface area contributed by atoms with Crippen LogP contribution in [0.25, 0.3) is 43.4 Å². The summed E-state index contributed by atoms with van der Waals surface area (Å²) in [6, 6.07) is 21.2. The highest BCUT2D eigenvalue weighted by molar-refractivity contribution is 7.90. The lowest BCUT2D eigenvalue weighted by molar-refractivity contribution is -0.138. The van der Waals surface area contributed by atoms with Gasteiger partial charge >= 0.3 is 6.18 Å². The minimum atomic E-state index is -4.94.